The number of alkyl halides is 1. The van der Waals surface area contributed by atoms with Gasteiger partial charge in [-0.3, -0.25) is 4.98 Å². The predicted molar refractivity (Wildman–Crippen MR) is 126 cm³/mol. The van der Waals surface area contributed by atoms with Crippen LogP contribution in [-0.2, 0) is 11.2 Å². The first-order valence-electron chi connectivity index (χ1n) is 10.5. The van der Waals surface area contributed by atoms with Crippen LogP contribution < -0.4 is 9.64 Å². The Morgan fingerprint density at radius 2 is 2.00 bits per heavy atom. The van der Waals surface area contributed by atoms with Gasteiger partial charge in [0.25, 0.3) is 0 Å². The number of carbonyl (C=O) groups is 1. The molecule has 2 aromatic rings. The highest BCUT2D eigenvalue weighted by atomic mass is 35.5. The Hall–Kier alpha value is -2.33. The summed E-state index contributed by atoms with van der Waals surface area (Å²) in [6.45, 7) is 8.71. The molecule has 1 aromatic carbocycles. The van der Waals surface area contributed by atoms with Crippen molar-refractivity contribution in [3.8, 4) is 5.75 Å². The van der Waals surface area contributed by atoms with Gasteiger partial charge in [0.2, 0.25) is 0 Å². The van der Waals surface area contributed by atoms with Crippen molar-refractivity contribution in [2.24, 2.45) is 5.92 Å². The van der Waals surface area contributed by atoms with Crippen LogP contribution in [0.3, 0.4) is 0 Å². The van der Waals surface area contributed by atoms with Crippen molar-refractivity contribution in [1.82, 2.24) is 4.98 Å². The second-order valence-corrected chi connectivity index (χ2v) is 8.87. The molecule has 0 radical (unpaired) electrons. The molecule has 4 nitrogen and oxygen atoms in total. The number of halogens is 1. The molecule has 2 heterocycles. The predicted octanol–water partition coefficient (Wildman–Crippen LogP) is 5.72. The van der Waals surface area contributed by atoms with Crippen molar-refractivity contribution in [2.75, 3.05) is 25.1 Å². The lowest BCUT2D eigenvalue weighted by Crippen LogP contribution is -2.33. The Bertz CT molecular complexity index is 946. The minimum absolute atomic E-state index is 0.0906. The van der Waals surface area contributed by atoms with Crippen LogP contribution in [-0.4, -0.2) is 37.3 Å². The summed E-state index contributed by atoms with van der Waals surface area (Å²) in [6.07, 6.45) is 10.8. The van der Waals surface area contributed by atoms with Crippen molar-refractivity contribution in [1.29, 1.82) is 0 Å². The third-order valence-corrected chi connectivity index (χ3v) is 6.24. The van der Waals surface area contributed by atoms with Gasteiger partial charge in [0.15, 0.2) is 0 Å². The average Bonchev–Trinajstić information content (AvgIpc) is 2.75. The summed E-state index contributed by atoms with van der Waals surface area (Å²) < 4.78 is 5.52. The Balaban J connectivity index is 0.00000124. The normalized spacial score (nSPS) is 19.6. The highest BCUT2D eigenvalue weighted by Crippen LogP contribution is 2.36. The van der Waals surface area contributed by atoms with Gasteiger partial charge < -0.3 is 14.4 Å². The number of rotatable bonds is 4. The molecule has 5 heteroatoms. The number of anilines is 1. The number of pyridine rings is 1. The lowest BCUT2D eigenvalue weighted by atomic mass is 9.93. The summed E-state index contributed by atoms with van der Waals surface area (Å²) in [6, 6.07) is 6.19. The van der Waals surface area contributed by atoms with Gasteiger partial charge in [0, 0.05) is 31.1 Å². The van der Waals surface area contributed by atoms with Crippen LogP contribution in [0.25, 0.3) is 10.9 Å². The lowest BCUT2D eigenvalue weighted by Gasteiger charge is -2.34. The first-order valence-corrected chi connectivity index (χ1v) is 11.0. The molecule has 2 aliphatic rings. The maximum atomic E-state index is 8.00. The van der Waals surface area contributed by atoms with Crippen LogP contribution in [0.15, 0.2) is 47.7 Å². The molecule has 0 bridgehead atoms. The molecule has 4 rings (SSSR count). The summed E-state index contributed by atoms with van der Waals surface area (Å²) in [5.74, 6) is 1.68. The minimum atomic E-state index is 0.0906. The molecule has 0 saturated carbocycles. The number of aromatic nitrogens is 1. The average molecular weight is 427 g/mol. The van der Waals surface area contributed by atoms with Gasteiger partial charge in [-0.05, 0) is 61.4 Å². The van der Waals surface area contributed by atoms with E-state index in [4.69, 9.17) is 26.1 Å². The number of allylic oxidation sites excluding steroid dienone is 4. The van der Waals surface area contributed by atoms with Crippen molar-refractivity contribution in [3.63, 3.8) is 0 Å². The second kappa shape index (κ2) is 10.1. The van der Waals surface area contributed by atoms with Crippen LogP contribution >= 0.6 is 11.6 Å². The van der Waals surface area contributed by atoms with Gasteiger partial charge in [-0.15, -0.1) is 11.6 Å². The lowest BCUT2D eigenvalue weighted by molar-refractivity contribution is -0.0979. The van der Waals surface area contributed by atoms with Crippen molar-refractivity contribution < 1.29 is 9.53 Å². The van der Waals surface area contributed by atoms with E-state index < -0.39 is 0 Å². The van der Waals surface area contributed by atoms with E-state index in [1.807, 2.05) is 12.9 Å². The number of fused-ring (bicyclic) bond motifs is 1. The molecule has 1 saturated heterocycles. The van der Waals surface area contributed by atoms with Crippen molar-refractivity contribution >= 4 is 35.0 Å². The zero-order chi connectivity index (χ0) is 21.7. The molecular weight excluding hydrogens is 396 g/mol. The van der Waals surface area contributed by atoms with Gasteiger partial charge in [-0.1, -0.05) is 24.6 Å². The molecule has 160 valence electrons. The van der Waals surface area contributed by atoms with Gasteiger partial charge in [-0.2, -0.15) is 0 Å². The number of hydrogen-bond donors (Lipinski definition) is 0. The van der Waals surface area contributed by atoms with Crippen molar-refractivity contribution in [2.45, 2.75) is 44.9 Å². The monoisotopic (exact) mass is 426 g/mol. The van der Waals surface area contributed by atoms with Crippen LogP contribution in [0.5, 0.6) is 5.75 Å². The maximum absolute atomic E-state index is 8.00. The molecule has 1 atom stereocenters. The van der Waals surface area contributed by atoms with Gasteiger partial charge in [0.05, 0.1) is 23.7 Å². The van der Waals surface area contributed by atoms with E-state index in [9.17, 15) is 0 Å². The van der Waals surface area contributed by atoms with Gasteiger partial charge in [0.1, 0.15) is 12.5 Å². The molecular formula is C25H31ClN2O2. The van der Waals surface area contributed by atoms with E-state index in [-0.39, 0.29) is 5.38 Å². The fourth-order valence-electron chi connectivity index (χ4n) is 4.41. The quantitative estimate of drug-likeness (QED) is 0.586. The summed E-state index contributed by atoms with van der Waals surface area (Å²) in [4.78, 5) is 15.3. The number of piperidine rings is 1. The zero-order valence-electron chi connectivity index (χ0n) is 18.2. The third-order valence-electron chi connectivity index (χ3n) is 5.96. The minimum Gasteiger partial charge on any atom is -0.497 e. The summed E-state index contributed by atoms with van der Waals surface area (Å²) in [5.41, 5.74) is 6.26. The van der Waals surface area contributed by atoms with E-state index in [0.717, 1.165) is 43.1 Å². The maximum Gasteiger partial charge on any atom is 0.119 e. The Morgan fingerprint density at radius 3 is 2.67 bits per heavy atom. The number of carbonyl (C=O) groups excluding carboxylic acids is 1. The number of benzene rings is 1. The Kier molecular flexibility index (Phi) is 7.54. The van der Waals surface area contributed by atoms with E-state index in [1.54, 1.807) is 7.11 Å². The molecule has 0 amide bonds. The Morgan fingerprint density at radius 1 is 1.27 bits per heavy atom. The third kappa shape index (κ3) is 5.04. The van der Waals surface area contributed by atoms with Crippen LogP contribution in [0.1, 0.15) is 38.7 Å². The number of methoxy groups -OCH3 is 1. The van der Waals surface area contributed by atoms with Crippen LogP contribution in [0, 0.1) is 5.92 Å². The standard InChI is InChI=1S/C24H29ClN2O.CH2O/c1-16-6-8-27(9-7-16)24-19(12-18-10-17(2)11-20(25)13-18)15-26-23-5-4-21(28-3)14-22(23)24;1-2/h4-5,10,13-16,20H,6-9,11-12H2,1-3H3;1H2. The molecule has 30 heavy (non-hydrogen) atoms. The fraction of sp³-hybridized carbons (Fsp3) is 0.440. The molecule has 1 aromatic heterocycles. The van der Waals surface area contributed by atoms with E-state index in [1.165, 1.54) is 40.6 Å². The van der Waals surface area contributed by atoms with Gasteiger partial charge >= 0.3 is 0 Å². The summed E-state index contributed by atoms with van der Waals surface area (Å²) in [7, 11) is 1.72. The van der Waals surface area contributed by atoms with Crippen LogP contribution in [0.2, 0.25) is 0 Å². The Labute approximate surface area is 184 Å². The second-order valence-electron chi connectivity index (χ2n) is 8.31. The number of nitrogens with zero attached hydrogens (tertiary/aromatic N) is 2. The molecule has 1 aliphatic heterocycles. The van der Waals surface area contributed by atoms with E-state index >= 15 is 0 Å². The summed E-state index contributed by atoms with van der Waals surface area (Å²) >= 11 is 6.45. The van der Waals surface area contributed by atoms with Crippen molar-refractivity contribution in [3.05, 3.63) is 53.3 Å². The van der Waals surface area contributed by atoms with Gasteiger partial charge in [-0.25, -0.2) is 0 Å². The first-order chi connectivity index (χ1) is 14.5. The molecule has 1 fully saturated rings. The highest BCUT2D eigenvalue weighted by molar-refractivity contribution is 6.22. The smallest absolute Gasteiger partial charge is 0.119 e. The first kappa shape index (κ1) is 22.4. The topological polar surface area (TPSA) is 42.4 Å². The molecule has 0 N–H and O–H groups in total. The highest BCUT2D eigenvalue weighted by Gasteiger charge is 2.22. The molecule has 0 spiro atoms. The molecule has 1 aliphatic carbocycles. The zero-order valence-corrected chi connectivity index (χ0v) is 18.9. The van der Waals surface area contributed by atoms with E-state index in [0.29, 0.717) is 0 Å². The SMILES string of the molecule is C=O.COc1ccc2ncc(CC3=CC(Cl)CC(C)=C3)c(N3CCC(C)CC3)c2c1. The van der Waals surface area contributed by atoms with Crippen LogP contribution in [0.4, 0.5) is 5.69 Å². The fourth-order valence-corrected chi connectivity index (χ4v) is 4.82. The summed E-state index contributed by atoms with van der Waals surface area (Å²) in [5, 5.41) is 1.28. The molecule has 1 unspecified atom stereocenters. The largest absolute Gasteiger partial charge is 0.497 e. The number of hydrogen-bond acceptors (Lipinski definition) is 4. The number of ether oxygens (including phenoxy) is 1. The van der Waals surface area contributed by atoms with E-state index in [2.05, 4.69) is 49.2 Å².